The van der Waals surface area contributed by atoms with Crippen LogP contribution >= 0.6 is 0 Å². The number of carbonyl (C=O) groups excluding carboxylic acids is 1. The minimum absolute atomic E-state index is 0.186. The van der Waals surface area contributed by atoms with Crippen molar-refractivity contribution in [3.63, 3.8) is 0 Å². The van der Waals surface area contributed by atoms with Gasteiger partial charge in [0, 0.05) is 41.9 Å². The molecule has 142 valence electrons. The van der Waals surface area contributed by atoms with E-state index in [0.717, 1.165) is 33.6 Å². The van der Waals surface area contributed by atoms with E-state index in [1.54, 1.807) is 12.4 Å². The molecule has 0 fully saturated rings. The Labute approximate surface area is 170 Å². The molecule has 0 saturated heterocycles. The van der Waals surface area contributed by atoms with Crippen molar-refractivity contribution in [2.24, 2.45) is 0 Å². The van der Waals surface area contributed by atoms with E-state index in [1.165, 1.54) is 0 Å². The first kappa shape index (κ1) is 18.4. The van der Waals surface area contributed by atoms with Gasteiger partial charge in [-0.2, -0.15) is 0 Å². The van der Waals surface area contributed by atoms with E-state index < -0.39 is 0 Å². The molecular formula is C25H21N3O. The van der Waals surface area contributed by atoms with Crippen molar-refractivity contribution in [2.45, 2.75) is 0 Å². The van der Waals surface area contributed by atoms with Crippen molar-refractivity contribution in [3.8, 4) is 22.3 Å². The second-order valence-electron chi connectivity index (χ2n) is 6.66. The Bertz CT molecular complexity index is 1140. The van der Waals surface area contributed by atoms with Crippen LogP contribution in [0, 0.1) is 0 Å². The molecule has 4 aromatic rings. The number of pyridine rings is 1. The summed E-state index contributed by atoms with van der Waals surface area (Å²) in [5.74, 6) is -0.186. The Kier molecular flexibility index (Phi) is 5.34. The van der Waals surface area contributed by atoms with Crippen LogP contribution < -0.4 is 10.6 Å². The van der Waals surface area contributed by atoms with E-state index in [4.69, 9.17) is 0 Å². The molecule has 1 aromatic heterocycles. The Hall–Kier alpha value is -3.92. The molecule has 4 nitrogen and oxygen atoms in total. The number of nitrogens with zero attached hydrogens (tertiary/aromatic N) is 1. The standard InChI is InChI=1S/C25H21N3O/c1-26-24-13-6-5-12-23(24)19-10-7-11-22(15-19)28-25(29)21-14-20(16-27-17-21)18-8-3-2-4-9-18/h2-17,26H,1H3,(H,28,29). The predicted molar refractivity (Wildman–Crippen MR) is 119 cm³/mol. The van der Waals surface area contributed by atoms with Gasteiger partial charge in [-0.05, 0) is 35.4 Å². The van der Waals surface area contributed by atoms with Crippen molar-refractivity contribution in [2.75, 3.05) is 17.7 Å². The highest BCUT2D eigenvalue weighted by molar-refractivity contribution is 6.05. The Morgan fingerprint density at radius 3 is 2.34 bits per heavy atom. The quantitative estimate of drug-likeness (QED) is 0.467. The highest BCUT2D eigenvalue weighted by atomic mass is 16.1. The minimum Gasteiger partial charge on any atom is -0.388 e. The molecule has 0 aliphatic carbocycles. The zero-order valence-corrected chi connectivity index (χ0v) is 16.1. The molecule has 0 radical (unpaired) electrons. The van der Waals surface area contributed by atoms with Crippen LogP contribution in [0.2, 0.25) is 0 Å². The van der Waals surface area contributed by atoms with Gasteiger partial charge in [-0.25, -0.2) is 0 Å². The number of para-hydroxylation sites is 1. The zero-order valence-electron chi connectivity index (χ0n) is 16.1. The smallest absolute Gasteiger partial charge is 0.257 e. The van der Waals surface area contributed by atoms with Crippen molar-refractivity contribution in [1.29, 1.82) is 0 Å². The van der Waals surface area contributed by atoms with Gasteiger partial charge in [-0.3, -0.25) is 9.78 Å². The SMILES string of the molecule is CNc1ccccc1-c1cccc(NC(=O)c2cncc(-c3ccccc3)c2)c1. The molecule has 0 spiro atoms. The number of hydrogen-bond acceptors (Lipinski definition) is 3. The number of aromatic nitrogens is 1. The van der Waals surface area contributed by atoms with Gasteiger partial charge < -0.3 is 10.6 Å². The van der Waals surface area contributed by atoms with E-state index in [0.29, 0.717) is 5.56 Å². The molecule has 4 heteroatoms. The summed E-state index contributed by atoms with van der Waals surface area (Å²) >= 11 is 0. The van der Waals surface area contributed by atoms with Gasteiger partial charge >= 0.3 is 0 Å². The van der Waals surface area contributed by atoms with Gasteiger partial charge in [0.2, 0.25) is 0 Å². The van der Waals surface area contributed by atoms with Crippen LogP contribution in [0.25, 0.3) is 22.3 Å². The molecular weight excluding hydrogens is 358 g/mol. The van der Waals surface area contributed by atoms with Crippen molar-refractivity contribution < 1.29 is 4.79 Å². The maximum atomic E-state index is 12.8. The summed E-state index contributed by atoms with van der Waals surface area (Å²) < 4.78 is 0. The van der Waals surface area contributed by atoms with Crippen LogP contribution in [0.15, 0.2) is 97.3 Å². The predicted octanol–water partition coefficient (Wildman–Crippen LogP) is 5.71. The van der Waals surface area contributed by atoms with Crippen molar-refractivity contribution in [1.82, 2.24) is 4.98 Å². The van der Waals surface area contributed by atoms with Gasteiger partial charge in [0.25, 0.3) is 5.91 Å². The third kappa shape index (κ3) is 4.17. The summed E-state index contributed by atoms with van der Waals surface area (Å²) in [6, 6.07) is 27.7. The summed E-state index contributed by atoms with van der Waals surface area (Å²) in [5, 5.41) is 6.19. The Morgan fingerprint density at radius 1 is 0.759 bits per heavy atom. The fourth-order valence-corrected chi connectivity index (χ4v) is 3.27. The van der Waals surface area contributed by atoms with Crippen molar-refractivity contribution >= 4 is 17.3 Å². The molecule has 0 saturated carbocycles. The summed E-state index contributed by atoms with van der Waals surface area (Å²) in [4.78, 5) is 17.0. The third-order valence-electron chi connectivity index (χ3n) is 4.74. The fraction of sp³-hybridized carbons (Fsp3) is 0.0400. The fourth-order valence-electron chi connectivity index (χ4n) is 3.27. The second kappa shape index (κ2) is 8.40. The zero-order chi connectivity index (χ0) is 20.1. The highest BCUT2D eigenvalue weighted by Gasteiger charge is 2.10. The Morgan fingerprint density at radius 2 is 1.52 bits per heavy atom. The molecule has 4 rings (SSSR count). The topological polar surface area (TPSA) is 54.0 Å². The number of amides is 1. The van der Waals surface area contributed by atoms with Gasteiger partial charge in [-0.15, -0.1) is 0 Å². The normalized spacial score (nSPS) is 10.4. The first-order valence-corrected chi connectivity index (χ1v) is 9.43. The molecule has 3 aromatic carbocycles. The Balaban J connectivity index is 1.58. The third-order valence-corrected chi connectivity index (χ3v) is 4.74. The van der Waals surface area contributed by atoms with E-state index in [1.807, 2.05) is 85.9 Å². The average molecular weight is 379 g/mol. The molecule has 0 bridgehead atoms. The highest BCUT2D eigenvalue weighted by Crippen LogP contribution is 2.29. The van der Waals surface area contributed by atoms with Crippen LogP contribution in [0.3, 0.4) is 0 Å². The number of rotatable bonds is 5. The van der Waals surface area contributed by atoms with Crippen molar-refractivity contribution in [3.05, 3.63) is 103 Å². The molecule has 1 amide bonds. The van der Waals surface area contributed by atoms with E-state index in [2.05, 4.69) is 21.7 Å². The van der Waals surface area contributed by atoms with E-state index in [9.17, 15) is 4.79 Å². The second-order valence-corrected chi connectivity index (χ2v) is 6.66. The van der Waals surface area contributed by atoms with Crippen LogP contribution in [-0.4, -0.2) is 17.9 Å². The van der Waals surface area contributed by atoms with Gasteiger partial charge in [0.15, 0.2) is 0 Å². The maximum Gasteiger partial charge on any atom is 0.257 e. The van der Waals surface area contributed by atoms with Crippen LogP contribution in [0.4, 0.5) is 11.4 Å². The van der Waals surface area contributed by atoms with Gasteiger partial charge in [-0.1, -0.05) is 60.7 Å². The van der Waals surface area contributed by atoms with Crippen LogP contribution in [0.1, 0.15) is 10.4 Å². The number of nitrogens with one attached hydrogen (secondary N) is 2. The van der Waals surface area contributed by atoms with Gasteiger partial charge in [0.05, 0.1) is 5.56 Å². The first-order valence-electron chi connectivity index (χ1n) is 9.43. The maximum absolute atomic E-state index is 12.8. The lowest BCUT2D eigenvalue weighted by atomic mass is 10.0. The largest absolute Gasteiger partial charge is 0.388 e. The monoisotopic (exact) mass is 379 g/mol. The molecule has 0 atom stereocenters. The number of anilines is 2. The molecule has 0 unspecified atom stereocenters. The van der Waals surface area contributed by atoms with Gasteiger partial charge in [0.1, 0.15) is 0 Å². The summed E-state index contributed by atoms with van der Waals surface area (Å²) in [5.41, 5.74) is 6.35. The minimum atomic E-state index is -0.186. The summed E-state index contributed by atoms with van der Waals surface area (Å²) in [6.07, 6.45) is 3.35. The lowest BCUT2D eigenvalue weighted by Gasteiger charge is -2.11. The average Bonchev–Trinajstić information content (AvgIpc) is 2.80. The number of benzene rings is 3. The van der Waals surface area contributed by atoms with E-state index >= 15 is 0 Å². The molecule has 0 aliphatic rings. The summed E-state index contributed by atoms with van der Waals surface area (Å²) in [6.45, 7) is 0. The first-order chi connectivity index (χ1) is 14.2. The molecule has 1 heterocycles. The lowest BCUT2D eigenvalue weighted by Crippen LogP contribution is -2.12. The molecule has 0 aliphatic heterocycles. The number of hydrogen-bond donors (Lipinski definition) is 2. The lowest BCUT2D eigenvalue weighted by molar-refractivity contribution is 0.102. The van der Waals surface area contributed by atoms with Crippen LogP contribution in [0.5, 0.6) is 0 Å². The van der Waals surface area contributed by atoms with Crippen LogP contribution in [-0.2, 0) is 0 Å². The molecule has 29 heavy (non-hydrogen) atoms. The number of carbonyl (C=O) groups is 1. The molecule has 2 N–H and O–H groups in total. The van der Waals surface area contributed by atoms with E-state index in [-0.39, 0.29) is 5.91 Å². The summed E-state index contributed by atoms with van der Waals surface area (Å²) in [7, 11) is 1.90.